The zero-order valence-electron chi connectivity index (χ0n) is 18.2. The first-order valence-corrected chi connectivity index (χ1v) is 10.2. The van der Waals surface area contributed by atoms with Gasteiger partial charge in [-0.05, 0) is 31.4 Å². The summed E-state index contributed by atoms with van der Waals surface area (Å²) in [5, 5.41) is 29.4. The van der Waals surface area contributed by atoms with Crippen molar-refractivity contribution in [2.75, 3.05) is 0 Å². The predicted molar refractivity (Wildman–Crippen MR) is 116 cm³/mol. The average molecular weight is 447 g/mol. The second-order valence-corrected chi connectivity index (χ2v) is 7.46. The Kier molecular flexibility index (Phi) is 8.16. The molecule has 0 bridgehead atoms. The van der Waals surface area contributed by atoms with Gasteiger partial charge in [-0.3, -0.25) is 24.3 Å². The Hall–Kier alpha value is -3.63. The van der Waals surface area contributed by atoms with E-state index in [-0.39, 0.29) is 35.0 Å². The van der Waals surface area contributed by atoms with Crippen molar-refractivity contribution in [2.24, 2.45) is 21.9 Å². The lowest BCUT2D eigenvalue weighted by molar-refractivity contribution is -0.384. The largest absolute Gasteiger partial charge is 0.494 e. The Labute approximate surface area is 183 Å². The quantitative estimate of drug-likeness (QED) is 0.308. The smallest absolute Gasteiger partial charge is 0.299 e. The van der Waals surface area contributed by atoms with Crippen LogP contribution in [-0.4, -0.2) is 20.5 Å². The molecule has 1 amide bonds. The number of unbranched alkanes of at least 4 members (excludes halogenated alkanes) is 1. The molecular weight excluding hydrogens is 421 g/mol. The van der Waals surface area contributed by atoms with Gasteiger partial charge < -0.3 is 10.8 Å². The summed E-state index contributed by atoms with van der Waals surface area (Å²) in [6.07, 6.45) is 3.46. The molecule has 0 saturated heterocycles. The van der Waals surface area contributed by atoms with Crippen LogP contribution in [0.2, 0.25) is 0 Å². The van der Waals surface area contributed by atoms with Gasteiger partial charge in [0.25, 0.3) is 17.2 Å². The van der Waals surface area contributed by atoms with E-state index in [2.05, 4.69) is 10.2 Å². The van der Waals surface area contributed by atoms with Crippen LogP contribution in [0.3, 0.4) is 0 Å². The van der Waals surface area contributed by atoms with Crippen molar-refractivity contribution in [1.82, 2.24) is 4.57 Å². The Bertz CT molecular complexity index is 1110. The van der Waals surface area contributed by atoms with E-state index in [0.29, 0.717) is 6.07 Å². The monoisotopic (exact) mass is 447 g/mol. The van der Waals surface area contributed by atoms with Gasteiger partial charge in [0.1, 0.15) is 11.4 Å². The minimum absolute atomic E-state index is 0.00799. The number of nitrogens with zero attached hydrogens (tertiary/aromatic N) is 4. The molecule has 32 heavy (non-hydrogen) atoms. The molecule has 2 rings (SSSR count). The van der Waals surface area contributed by atoms with Gasteiger partial charge in [-0.1, -0.05) is 33.1 Å². The number of azo groups is 1. The number of nitro benzene ring substituents is 1. The van der Waals surface area contributed by atoms with E-state index in [1.54, 1.807) is 0 Å². The molecule has 0 saturated carbocycles. The van der Waals surface area contributed by atoms with Crippen molar-refractivity contribution < 1.29 is 19.2 Å². The summed E-state index contributed by atoms with van der Waals surface area (Å²) in [6.45, 7) is 5.51. The number of amides is 1. The van der Waals surface area contributed by atoms with Crippen LogP contribution in [0.5, 0.6) is 5.88 Å². The summed E-state index contributed by atoms with van der Waals surface area (Å²) in [7, 11) is 0. The number of hydrogen-bond donors (Lipinski definition) is 2. The minimum atomic E-state index is -0.959. The zero-order valence-corrected chi connectivity index (χ0v) is 18.2. The maximum absolute atomic E-state index is 13.4. The highest BCUT2D eigenvalue weighted by molar-refractivity contribution is 5.97. The lowest BCUT2D eigenvalue weighted by atomic mass is 9.98. The van der Waals surface area contributed by atoms with Crippen molar-refractivity contribution >= 4 is 23.0 Å². The number of nitrogens with two attached hydrogens (primary N) is 1. The number of halogens is 1. The number of benzene rings is 1. The fraction of sp³-hybridized carbons (Fsp3) is 0.429. The third kappa shape index (κ3) is 5.34. The summed E-state index contributed by atoms with van der Waals surface area (Å²) in [5.41, 5.74) is 3.22. The number of aromatic hydroxyl groups is 1. The van der Waals surface area contributed by atoms with Crippen molar-refractivity contribution in [3.63, 3.8) is 0 Å². The highest BCUT2D eigenvalue weighted by Crippen LogP contribution is 2.32. The Morgan fingerprint density at radius 2 is 2.03 bits per heavy atom. The number of carbonyl (C=O) groups is 1. The van der Waals surface area contributed by atoms with Crippen LogP contribution in [0, 0.1) is 28.8 Å². The highest BCUT2D eigenvalue weighted by Gasteiger charge is 2.24. The van der Waals surface area contributed by atoms with E-state index in [0.717, 1.165) is 42.4 Å². The first kappa shape index (κ1) is 24.6. The molecule has 10 nitrogen and oxygen atoms in total. The number of hydrogen-bond acceptors (Lipinski definition) is 7. The minimum Gasteiger partial charge on any atom is -0.494 e. The molecule has 0 radical (unpaired) electrons. The molecule has 1 atom stereocenters. The van der Waals surface area contributed by atoms with Gasteiger partial charge >= 0.3 is 0 Å². The van der Waals surface area contributed by atoms with Crippen molar-refractivity contribution in [2.45, 2.75) is 53.0 Å². The number of rotatable bonds is 10. The molecule has 3 N–H and O–H groups in total. The molecule has 0 fully saturated rings. The lowest BCUT2D eigenvalue weighted by Crippen LogP contribution is -2.28. The number of nitro groups is 1. The number of carbonyl (C=O) groups excluding carboxylic acids is 1. The molecular formula is C21H26FN5O5. The second kappa shape index (κ2) is 10.6. The number of pyridine rings is 1. The highest BCUT2D eigenvalue weighted by atomic mass is 19.1. The van der Waals surface area contributed by atoms with Crippen LogP contribution in [0.15, 0.2) is 33.2 Å². The molecule has 1 heterocycles. The SMILES string of the molecule is CCCCC(CC)Cn1c(O)c(C(N)=O)c(C)c(N=Nc2ccc(F)cc2[N+](=O)[O-])c1=O. The first-order chi connectivity index (χ1) is 15.1. The molecule has 0 aliphatic rings. The molecule has 0 aliphatic carbocycles. The Balaban J connectivity index is 2.64. The van der Waals surface area contributed by atoms with E-state index >= 15 is 0 Å². The molecule has 0 spiro atoms. The fourth-order valence-electron chi connectivity index (χ4n) is 3.39. The third-order valence-electron chi connectivity index (χ3n) is 5.28. The summed E-state index contributed by atoms with van der Waals surface area (Å²) in [5.74, 6) is -2.28. The van der Waals surface area contributed by atoms with Crippen LogP contribution in [0.1, 0.15) is 55.5 Å². The summed E-state index contributed by atoms with van der Waals surface area (Å²) >= 11 is 0. The van der Waals surface area contributed by atoms with Gasteiger partial charge in [-0.2, -0.15) is 0 Å². The summed E-state index contributed by atoms with van der Waals surface area (Å²) < 4.78 is 14.4. The van der Waals surface area contributed by atoms with Gasteiger partial charge in [-0.15, -0.1) is 10.2 Å². The van der Waals surface area contributed by atoms with Gasteiger partial charge in [0.15, 0.2) is 11.4 Å². The third-order valence-corrected chi connectivity index (χ3v) is 5.28. The predicted octanol–water partition coefficient (Wildman–Crippen LogP) is 4.64. The van der Waals surface area contributed by atoms with Gasteiger partial charge in [-0.25, -0.2) is 4.39 Å². The normalized spacial score (nSPS) is 12.2. The van der Waals surface area contributed by atoms with Crippen LogP contribution in [0.4, 0.5) is 21.5 Å². The van der Waals surface area contributed by atoms with Gasteiger partial charge in [0, 0.05) is 12.1 Å². The van der Waals surface area contributed by atoms with E-state index < -0.39 is 33.8 Å². The van der Waals surface area contributed by atoms with Gasteiger partial charge in [0.05, 0.1) is 11.0 Å². The average Bonchev–Trinajstić information content (AvgIpc) is 2.73. The number of primary amides is 1. The lowest BCUT2D eigenvalue weighted by Gasteiger charge is -2.19. The second-order valence-electron chi connectivity index (χ2n) is 7.46. The van der Waals surface area contributed by atoms with Crippen LogP contribution < -0.4 is 11.3 Å². The molecule has 1 aromatic heterocycles. The molecule has 1 aromatic carbocycles. The van der Waals surface area contributed by atoms with E-state index in [9.17, 15) is 29.2 Å². The van der Waals surface area contributed by atoms with Crippen molar-refractivity contribution in [3.05, 3.63) is 55.6 Å². The van der Waals surface area contributed by atoms with Gasteiger partial charge in [0.2, 0.25) is 5.88 Å². The standard InChI is InChI=1S/C21H26FN5O5/c1-4-6-7-13(5-2)11-26-20(29)17(19(23)28)12(3)18(21(26)30)25-24-15-9-8-14(22)10-16(15)27(31)32/h8-10,13,29H,4-7,11H2,1-3H3,(H2,23,28). The molecule has 1 unspecified atom stereocenters. The topological polar surface area (TPSA) is 153 Å². The van der Waals surface area contributed by atoms with Crippen molar-refractivity contribution in [3.8, 4) is 5.88 Å². The first-order valence-electron chi connectivity index (χ1n) is 10.2. The van der Waals surface area contributed by atoms with E-state index in [4.69, 9.17) is 5.73 Å². The zero-order chi connectivity index (χ0) is 24.0. The summed E-state index contributed by atoms with van der Waals surface area (Å²) in [6, 6.07) is 2.71. The number of aromatic nitrogens is 1. The van der Waals surface area contributed by atoms with E-state index in [1.165, 1.54) is 6.92 Å². The molecule has 172 valence electrons. The van der Waals surface area contributed by atoms with E-state index in [1.807, 2.05) is 13.8 Å². The van der Waals surface area contributed by atoms with Crippen LogP contribution in [0.25, 0.3) is 0 Å². The maximum Gasteiger partial charge on any atom is 0.299 e. The van der Waals surface area contributed by atoms with Crippen molar-refractivity contribution in [1.29, 1.82) is 0 Å². The summed E-state index contributed by atoms with van der Waals surface area (Å²) in [4.78, 5) is 35.4. The Morgan fingerprint density at radius 3 is 2.59 bits per heavy atom. The molecule has 2 aromatic rings. The van der Waals surface area contributed by atoms with Crippen LogP contribution in [-0.2, 0) is 6.54 Å². The molecule has 11 heteroatoms. The fourth-order valence-corrected chi connectivity index (χ4v) is 3.39. The van der Waals surface area contributed by atoms with Crippen LogP contribution >= 0.6 is 0 Å². The Morgan fingerprint density at radius 1 is 1.34 bits per heavy atom. The maximum atomic E-state index is 13.4. The molecule has 0 aliphatic heterocycles.